The second kappa shape index (κ2) is 5.92. The van der Waals surface area contributed by atoms with E-state index in [0.717, 1.165) is 17.7 Å². The normalized spacial score (nSPS) is 10.2. The van der Waals surface area contributed by atoms with Crippen LogP contribution in [0.15, 0.2) is 18.2 Å². The van der Waals surface area contributed by atoms with Crippen molar-refractivity contribution >= 4 is 11.6 Å². The summed E-state index contributed by atoms with van der Waals surface area (Å²) in [5, 5.41) is 0. The second-order valence-corrected chi connectivity index (χ2v) is 3.60. The number of benzene rings is 1. The summed E-state index contributed by atoms with van der Waals surface area (Å²) in [6.07, 6.45) is 3.51. The molecule has 14 heavy (non-hydrogen) atoms. The van der Waals surface area contributed by atoms with Crippen molar-refractivity contribution < 1.29 is 4.74 Å². The average molecular weight is 213 g/mol. The predicted octanol–water partition coefficient (Wildman–Crippen LogP) is 3.78. The van der Waals surface area contributed by atoms with E-state index in [1.54, 1.807) is 7.11 Å². The van der Waals surface area contributed by atoms with Crippen LogP contribution in [0, 0.1) is 0 Å². The van der Waals surface area contributed by atoms with Crippen molar-refractivity contribution in [2.45, 2.75) is 32.1 Å². The van der Waals surface area contributed by atoms with Gasteiger partial charge in [0.15, 0.2) is 0 Å². The molecule has 1 rings (SSSR count). The highest BCUT2D eigenvalue weighted by molar-refractivity contribution is 6.17. The van der Waals surface area contributed by atoms with E-state index in [1.165, 1.54) is 18.4 Å². The van der Waals surface area contributed by atoms with Gasteiger partial charge in [-0.25, -0.2) is 0 Å². The highest BCUT2D eigenvalue weighted by Crippen LogP contribution is 2.25. The van der Waals surface area contributed by atoms with Crippen molar-refractivity contribution in [2.24, 2.45) is 0 Å². The standard InChI is InChI=1S/C12H17ClO/c1-3-4-6-10-7-5-8-12(14-2)11(10)9-13/h5,7-8H,3-4,6,9H2,1-2H3. The van der Waals surface area contributed by atoms with Gasteiger partial charge in [-0.2, -0.15) is 0 Å². The van der Waals surface area contributed by atoms with Crippen LogP contribution >= 0.6 is 11.6 Å². The predicted molar refractivity (Wildman–Crippen MR) is 61.2 cm³/mol. The van der Waals surface area contributed by atoms with Gasteiger partial charge in [0.2, 0.25) is 0 Å². The van der Waals surface area contributed by atoms with Gasteiger partial charge in [0.05, 0.1) is 13.0 Å². The van der Waals surface area contributed by atoms with Gasteiger partial charge in [0.25, 0.3) is 0 Å². The molecule has 0 aliphatic carbocycles. The summed E-state index contributed by atoms with van der Waals surface area (Å²) in [5.74, 6) is 1.44. The molecule has 1 nitrogen and oxygen atoms in total. The lowest BCUT2D eigenvalue weighted by Gasteiger charge is -2.11. The Morgan fingerprint density at radius 3 is 2.71 bits per heavy atom. The van der Waals surface area contributed by atoms with E-state index in [0.29, 0.717) is 5.88 Å². The zero-order chi connectivity index (χ0) is 10.4. The Morgan fingerprint density at radius 2 is 2.14 bits per heavy atom. The Balaban J connectivity index is 2.90. The van der Waals surface area contributed by atoms with E-state index in [4.69, 9.17) is 16.3 Å². The first-order chi connectivity index (χ1) is 6.83. The summed E-state index contributed by atoms with van der Waals surface area (Å²) in [6.45, 7) is 2.19. The fraction of sp³-hybridized carbons (Fsp3) is 0.500. The van der Waals surface area contributed by atoms with Crippen molar-refractivity contribution in [3.63, 3.8) is 0 Å². The van der Waals surface area contributed by atoms with Gasteiger partial charge < -0.3 is 4.74 Å². The molecule has 0 aromatic heterocycles. The molecule has 0 atom stereocenters. The van der Waals surface area contributed by atoms with Crippen LogP contribution in [-0.2, 0) is 12.3 Å². The van der Waals surface area contributed by atoms with Crippen LogP contribution < -0.4 is 4.74 Å². The molecule has 0 radical (unpaired) electrons. The average Bonchev–Trinajstić information content (AvgIpc) is 2.25. The number of alkyl halides is 1. The molecule has 0 N–H and O–H groups in total. The zero-order valence-electron chi connectivity index (χ0n) is 8.85. The largest absolute Gasteiger partial charge is 0.496 e. The maximum Gasteiger partial charge on any atom is 0.123 e. The Labute approximate surface area is 91.0 Å². The molecule has 0 aliphatic heterocycles. The van der Waals surface area contributed by atoms with Gasteiger partial charge in [-0.3, -0.25) is 0 Å². The van der Waals surface area contributed by atoms with E-state index in [9.17, 15) is 0 Å². The van der Waals surface area contributed by atoms with E-state index >= 15 is 0 Å². The SMILES string of the molecule is CCCCc1cccc(OC)c1CCl. The Morgan fingerprint density at radius 1 is 1.36 bits per heavy atom. The first kappa shape index (κ1) is 11.4. The molecule has 0 saturated heterocycles. The van der Waals surface area contributed by atoms with Crippen molar-refractivity contribution in [2.75, 3.05) is 7.11 Å². The molecule has 0 fully saturated rings. The lowest BCUT2D eigenvalue weighted by molar-refractivity contribution is 0.410. The molecule has 0 bridgehead atoms. The first-order valence-corrected chi connectivity index (χ1v) is 5.57. The molecule has 0 heterocycles. The van der Waals surface area contributed by atoms with Crippen LogP contribution in [0.3, 0.4) is 0 Å². The zero-order valence-corrected chi connectivity index (χ0v) is 9.60. The van der Waals surface area contributed by atoms with Crippen molar-refractivity contribution in [3.8, 4) is 5.75 Å². The van der Waals surface area contributed by atoms with Crippen LogP contribution in [0.25, 0.3) is 0 Å². The van der Waals surface area contributed by atoms with Gasteiger partial charge in [-0.15, -0.1) is 11.6 Å². The van der Waals surface area contributed by atoms with Crippen molar-refractivity contribution in [1.29, 1.82) is 0 Å². The minimum Gasteiger partial charge on any atom is -0.496 e. The van der Waals surface area contributed by atoms with Crippen LogP contribution in [0.2, 0.25) is 0 Å². The van der Waals surface area contributed by atoms with Crippen LogP contribution in [0.5, 0.6) is 5.75 Å². The van der Waals surface area contributed by atoms with Crippen molar-refractivity contribution in [3.05, 3.63) is 29.3 Å². The van der Waals surface area contributed by atoms with Crippen LogP contribution in [0.1, 0.15) is 30.9 Å². The number of aryl methyl sites for hydroxylation is 1. The highest BCUT2D eigenvalue weighted by atomic mass is 35.5. The third kappa shape index (κ3) is 2.65. The molecule has 0 unspecified atom stereocenters. The third-order valence-electron chi connectivity index (χ3n) is 2.38. The summed E-state index contributed by atoms with van der Waals surface area (Å²) >= 11 is 5.91. The molecular formula is C12H17ClO. The molecule has 2 heteroatoms. The van der Waals surface area contributed by atoms with E-state index in [-0.39, 0.29) is 0 Å². The van der Waals surface area contributed by atoms with Crippen LogP contribution in [0.4, 0.5) is 0 Å². The number of halogens is 1. The summed E-state index contributed by atoms with van der Waals surface area (Å²) in [6, 6.07) is 6.13. The summed E-state index contributed by atoms with van der Waals surface area (Å²) in [4.78, 5) is 0. The van der Waals surface area contributed by atoms with E-state index in [2.05, 4.69) is 13.0 Å². The molecule has 0 aliphatic rings. The van der Waals surface area contributed by atoms with E-state index in [1.807, 2.05) is 12.1 Å². The van der Waals surface area contributed by atoms with Crippen LogP contribution in [-0.4, -0.2) is 7.11 Å². The fourth-order valence-electron chi connectivity index (χ4n) is 1.56. The van der Waals surface area contributed by atoms with Gasteiger partial charge >= 0.3 is 0 Å². The number of hydrogen-bond acceptors (Lipinski definition) is 1. The Hall–Kier alpha value is -0.690. The number of rotatable bonds is 5. The molecule has 0 saturated carbocycles. The fourth-order valence-corrected chi connectivity index (χ4v) is 1.86. The molecule has 0 spiro atoms. The molecule has 1 aromatic carbocycles. The van der Waals surface area contributed by atoms with Crippen molar-refractivity contribution in [1.82, 2.24) is 0 Å². The monoisotopic (exact) mass is 212 g/mol. The molecule has 78 valence electrons. The Bertz CT molecular complexity index is 284. The first-order valence-electron chi connectivity index (χ1n) is 5.04. The molecule has 1 aromatic rings. The summed E-state index contributed by atoms with van der Waals surface area (Å²) in [7, 11) is 1.69. The van der Waals surface area contributed by atoms with E-state index < -0.39 is 0 Å². The topological polar surface area (TPSA) is 9.23 Å². The minimum absolute atomic E-state index is 0.531. The summed E-state index contributed by atoms with van der Waals surface area (Å²) in [5.41, 5.74) is 2.46. The van der Waals surface area contributed by atoms with Gasteiger partial charge in [0.1, 0.15) is 5.75 Å². The minimum atomic E-state index is 0.531. The third-order valence-corrected chi connectivity index (χ3v) is 2.65. The summed E-state index contributed by atoms with van der Waals surface area (Å²) < 4.78 is 5.27. The number of unbranched alkanes of at least 4 members (excludes halogenated alkanes) is 1. The van der Waals surface area contributed by atoms with Gasteiger partial charge in [0, 0.05) is 5.56 Å². The van der Waals surface area contributed by atoms with Gasteiger partial charge in [-0.1, -0.05) is 25.5 Å². The number of methoxy groups -OCH3 is 1. The molecule has 0 amide bonds. The lowest BCUT2D eigenvalue weighted by atomic mass is 10.0. The smallest absolute Gasteiger partial charge is 0.123 e. The maximum atomic E-state index is 5.91. The van der Waals surface area contributed by atoms with Gasteiger partial charge in [-0.05, 0) is 24.5 Å². The number of ether oxygens (including phenoxy) is 1. The molecular weight excluding hydrogens is 196 g/mol. The quantitative estimate of drug-likeness (QED) is 0.675. The highest BCUT2D eigenvalue weighted by Gasteiger charge is 2.06. The second-order valence-electron chi connectivity index (χ2n) is 3.34. The lowest BCUT2D eigenvalue weighted by Crippen LogP contribution is -1.96. The maximum absolute atomic E-state index is 5.91. The Kier molecular flexibility index (Phi) is 4.81. The number of hydrogen-bond donors (Lipinski definition) is 0.